The minimum absolute atomic E-state index is 0.00124. The lowest BCUT2D eigenvalue weighted by molar-refractivity contribution is 0.102. The van der Waals surface area contributed by atoms with Crippen LogP contribution >= 0.6 is 0 Å². The Morgan fingerprint density at radius 1 is 1.12 bits per heavy atom. The van der Waals surface area contributed by atoms with Crippen LogP contribution in [0, 0.1) is 6.92 Å². The van der Waals surface area contributed by atoms with Crippen molar-refractivity contribution in [3.05, 3.63) is 59.6 Å². The number of oxazole rings is 1. The first-order valence-corrected chi connectivity index (χ1v) is 10.3. The highest BCUT2D eigenvalue weighted by molar-refractivity contribution is 6.05. The zero-order valence-corrected chi connectivity index (χ0v) is 19.2. The Morgan fingerprint density at radius 2 is 1.91 bits per heavy atom. The van der Waals surface area contributed by atoms with Crippen LogP contribution in [-0.2, 0) is 6.54 Å². The lowest BCUT2D eigenvalue weighted by atomic mass is 10.2. The summed E-state index contributed by atoms with van der Waals surface area (Å²) in [7, 11) is 4.65. The minimum atomic E-state index is -0.490. The number of aryl methyl sites for hydroxylation is 1. The van der Waals surface area contributed by atoms with Gasteiger partial charge in [-0.3, -0.25) is 4.79 Å². The highest BCUT2D eigenvalue weighted by Crippen LogP contribution is 2.38. The SMILES string of the molecule is COc1cccc(NC(=O)c2nnn(Cc3nc(-c4cccc(OC)c4OC)oc3C)c2N)c1. The quantitative estimate of drug-likeness (QED) is 0.402. The second kappa shape index (κ2) is 9.53. The van der Waals surface area contributed by atoms with Crippen molar-refractivity contribution >= 4 is 17.4 Å². The van der Waals surface area contributed by atoms with Gasteiger partial charge >= 0.3 is 0 Å². The molecular weight excluding hydrogens is 440 g/mol. The fourth-order valence-corrected chi connectivity index (χ4v) is 3.38. The zero-order chi connectivity index (χ0) is 24.2. The average molecular weight is 464 g/mol. The number of amides is 1. The molecule has 1 amide bonds. The molecule has 0 radical (unpaired) electrons. The molecule has 0 aliphatic carbocycles. The Labute approximate surface area is 195 Å². The molecule has 176 valence electrons. The number of para-hydroxylation sites is 1. The standard InChI is InChI=1S/C23H24N6O5/c1-13-17(26-23(34-13)16-9-6-10-18(32-3)20(16)33-4)12-29-21(24)19(27-28-29)22(30)25-14-7-5-8-15(11-14)31-2/h5-11H,12,24H2,1-4H3,(H,25,30). The molecule has 0 aliphatic heterocycles. The van der Waals surface area contributed by atoms with Crippen molar-refractivity contribution in [2.24, 2.45) is 0 Å². The number of nitrogen functional groups attached to an aromatic ring is 1. The summed E-state index contributed by atoms with van der Waals surface area (Å²) in [5.41, 5.74) is 7.93. The topological polar surface area (TPSA) is 140 Å². The number of methoxy groups -OCH3 is 3. The normalized spacial score (nSPS) is 10.7. The van der Waals surface area contributed by atoms with E-state index in [0.29, 0.717) is 45.8 Å². The molecule has 4 rings (SSSR count). The van der Waals surface area contributed by atoms with Crippen LogP contribution < -0.4 is 25.3 Å². The van der Waals surface area contributed by atoms with Gasteiger partial charge in [-0.25, -0.2) is 9.67 Å². The van der Waals surface area contributed by atoms with Gasteiger partial charge in [0.25, 0.3) is 5.91 Å². The minimum Gasteiger partial charge on any atom is -0.497 e. The summed E-state index contributed by atoms with van der Waals surface area (Å²) in [5.74, 6) is 2.22. The number of carbonyl (C=O) groups is 1. The largest absolute Gasteiger partial charge is 0.497 e. The summed E-state index contributed by atoms with van der Waals surface area (Å²) in [6.45, 7) is 1.94. The molecule has 34 heavy (non-hydrogen) atoms. The molecule has 0 bridgehead atoms. The molecule has 4 aromatic rings. The van der Waals surface area contributed by atoms with Gasteiger partial charge in [0.2, 0.25) is 5.89 Å². The fraction of sp³-hybridized carbons (Fsp3) is 0.217. The predicted molar refractivity (Wildman–Crippen MR) is 124 cm³/mol. The first-order chi connectivity index (χ1) is 16.4. The smallest absolute Gasteiger partial charge is 0.280 e. The van der Waals surface area contributed by atoms with Crippen LogP contribution in [0.15, 0.2) is 46.9 Å². The highest BCUT2D eigenvalue weighted by Gasteiger charge is 2.22. The third-order valence-corrected chi connectivity index (χ3v) is 5.14. The van der Waals surface area contributed by atoms with Crippen molar-refractivity contribution in [2.45, 2.75) is 13.5 Å². The molecule has 11 nitrogen and oxygen atoms in total. The van der Waals surface area contributed by atoms with Crippen molar-refractivity contribution in [2.75, 3.05) is 32.4 Å². The molecule has 0 atom stereocenters. The number of hydrogen-bond acceptors (Lipinski definition) is 9. The number of nitrogens with two attached hydrogens (primary N) is 1. The van der Waals surface area contributed by atoms with Crippen molar-refractivity contribution in [1.82, 2.24) is 20.0 Å². The van der Waals surface area contributed by atoms with Gasteiger partial charge in [0.1, 0.15) is 17.2 Å². The molecule has 3 N–H and O–H groups in total. The second-order valence-corrected chi connectivity index (χ2v) is 7.23. The molecule has 11 heteroatoms. The molecule has 0 fully saturated rings. The van der Waals surface area contributed by atoms with Crippen molar-refractivity contribution in [3.63, 3.8) is 0 Å². The van der Waals surface area contributed by atoms with Gasteiger partial charge in [-0.05, 0) is 31.2 Å². The van der Waals surface area contributed by atoms with Crippen molar-refractivity contribution < 1.29 is 23.4 Å². The van der Waals surface area contributed by atoms with Gasteiger partial charge in [0.05, 0.1) is 33.4 Å². The van der Waals surface area contributed by atoms with Gasteiger partial charge in [0, 0.05) is 11.8 Å². The fourth-order valence-electron chi connectivity index (χ4n) is 3.38. The summed E-state index contributed by atoms with van der Waals surface area (Å²) in [6, 6.07) is 12.4. The number of aromatic nitrogens is 4. The molecule has 2 aromatic heterocycles. The van der Waals surface area contributed by atoms with E-state index in [9.17, 15) is 4.79 Å². The molecule has 0 saturated carbocycles. The van der Waals surface area contributed by atoms with E-state index in [4.69, 9.17) is 24.4 Å². The molecule has 2 aromatic carbocycles. The van der Waals surface area contributed by atoms with Gasteiger partial charge in [-0.15, -0.1) is 5.10 Å². The molecule has 0 saturated heterocycles. The Balaban J connectivity index is 1.56. The monoisotopic (exact) mass is 464 g/mol. The summed E-state index contributed by atoms with van der Waals surface area (Å²) in [6.07, 6.45) is 0. The molecular formula is C23H24N6O5. The summed E-state index contributed by atoms with van der Waals surface area (Å²) >= 11 is 0. The maximum atomic E-state index is 12.7. The van der Waals surface area contributed by atoms with Crippen molar-refractivity contribution in [1.29, 1.82) is 0 Å². The number of carbonyl (C=O) groups excluding carboxylic acids is 1. The summed E-state index contributed by atoms with van der Waals surface area (Å²) in [4.78, 5) is 17.3. The van der Waals surface area contributed by atoms with Gasteiger partial charge in [-0.1, -0.05) is 17.3 Å². The Morgan fingerprint density at radius 3 is 2.65 bits per heavy atom. The van der Waals surface area contributed by atoms with E-state index in [1.54, 1.807) is 58.6 Å². The maximum absolute atomic E-state index is 12.7. The lowest BCUT2D eigenvalue weighted by Gasteiger charge is -2.09. The Bertz CT molecular complexity index is 1330. The van der Waals surface area contributed by atoms with E-state index < -0.39 is 5.91 Å². The number of anilines is 2. The van der Waals surface area contributed by atoms with Gasteiger partial charge in [-0.2, -0.15) is 0 Å². The van der Waals surface area contributed by atoms with Crippen LogP contribution in [0.1, 0.15) is 21.9 Å². The summed E-state index contributed by atoms with van der Waals surface area (Å²) in [5, 5.41) is 10.7. The zero-order valence-electron chi connectivity index (χ0n) is 19.2. The Kier molecular flexibility index (Phi) is 6.35. The molecule has 0 aliphatic rings. The molecule has 0 spiro atoms. The number of ether oxygens (including phenoxy) is 3. The lowest BCUT2D eigenvalue weighted by Crippen LogP contribution is -2.15. The third-order valence-electron chi connectivity index (χ3n) is 5.14. The molecule has 2 heterocycles. The first-order valence-electron chi connectivity index (χ1n) is 10.3. The van der Waals surface area contributed by atoms with E-state index in [2.05, 4.69) is 20.6 Å². The van der Waals surface area contributed by atoms with Crippen LogP contribution in [-0.4, -0.2) is 47.2 Å². The van der Waals surface area contributed by atoms with E-state index in [0.717, 1.165) is 0 Å². The van der Waals surface area contributed by atoms with Crippen LogP contribution in [0.2, 0.25) is 0 Å². The van der Waals surface area contributed by atoms with E-state index >= 15 is 0 Å². The van der Waals surface area contributed by atoms with Crippen LogP contribution in [0.3, 0.4) is 0 Å². The maximum Gasteiger partial charge on any atom is 0.280 e. The van der Waals surface area contributed by atoms with Crippen LogP contribution in [0.4, 0.5) is 11.5 Å². The summed E-state index contributed by atoms with van der Waals surface area (Å²) < 4.78 is 23.3. The number of rotatable bonds is 8. The highest BCUT2D eigenvalue weighted by atomic mass is 16.5. The average Bonchev–Trinajstić information content (AvgIpc) is 3.40. The van der Waals surface area contributed by atoms with Crippen LogP contribution in [0.5, 0.6) is 17.2 Å². The first kappa shape index (κ1) is 22.6. The number of nitrogens with zero attached hydrogens (tertiary/aromatic N) is 4. The van der Waals surface area contributed by atoms with Crippen LogP contribution in [0.25, 0.3) is 11.5 Å². The van der Waals surface area contributed by atoms with Crippen molar-refractivity contribution in [3.8, 4) is 28.7 Å². The van der Waals surface area contributed by atoms with E-state index in [1.807, 2.05) is 12.1 Å². The molecule has 0 unspecified atom stereocenters. The number of benzene rings is 2. The Hall–Kier alpha value is -4.54. The van der Waals surface area contributed by atoms with Gasteiger partial charge in [0.15, 0.2) is 23.0 Å². The van der Waals surface area contributed by atoms with Gasteiger partial charge < -0.3 is 29.7 Å². The predicted octanol–water partition coefficient (Wildman–Crippen LogP) is 3.15. The number of hydrogen-bond donors (Lipinski definition) is 2. The number of nitrogens with one attached hydrogen (secondary N) is 1. The third kappa shape index (κ3) is 4.35. The van der Waals surface area contributed by atoms with E-state index in [-0.39, 0.29) is 18.1 Å². The second-order valence-electron chi connectivity index (χ2n) is 7.23. The van der Waals surface area contributed by atoms with E-state index in [1.165, 1.54) is 4.68 Å².